The van der Waals surface area contributed by atoms with E-state index in [9.17, 15) is 9.90 Å². The van der Waals surface area contributed by atoms with Crippen LogP contribution in [0.15, 0.2) is 12.7 Å². The predicted octanol–water partition coefficient (Wildman–Crippen LogP) is 1.59. The maximum atomic E-state index is 11.5. The summed E-state index contributed by atoms with van der Waals surface area (Å²) in [6, 6.07) is 0. The zero-order chi connectivity index (χ0) is 13.5. The summed E-state index contributed by atoms with van der Waals surface area (Å²) in [4.78, 5) is 13.5. The lowest BCUT2D eigenvalue weighted by Gasteiger charge is -2.21. The molecule has 0 saturated carbocycles. The third kappa shape index (κ3) is 8.89. The number of hydrogen-bond acceptors (Lipinski definition) is 4. The lowest BCUT2D eigenvalue weighted by Crippen LogP contribution is -2.29. The topological polar surface area (TPSA) is 49.8 Å². The standard InChI is InChI=1S/C13H25NO3/c1-6-13(3,4)17-12(16)8-7-9-14(5)10-11(2)15/h6,11,15H,1,7-10H2,2-5H3/t11-/m0/s1. The first-order chi connectivity index (χ1) is 7.76. The molecular weight excluding hydrogens is 218 g/mol. The van der Waals surface area contributed by atoms with E-state index in [0.29, 0.717) is 13.0 Å². The molecule has 0 saturated heterocycles. The molecule has 4 nitrogen and oxygen atoms in total. The lowest BCUT2D eigenvalue weighted by molar-refractivity contribution is -0.152. The highest BCUT2D eigenvalue weighted by Gasteiger charge is 2.18. The monoisotopic (exact) mass is 243 g/mol. The van der Waals surface area contributed by atoms with Gasteiger partial charge in [0.2, 0.25) is 0 Å². The minimum atomic E-state index is -0.595. The molecule has 0 aliphatic heterocycles. The van der Waals surface area contributed by atoms with Gasteiger partial charge in [0.25, 0.3) is 0 Å². The summed E-state index contributed by atoms with van der Waals surface area (Å²) in [7, 11) is 1.92. The number of nitrogens with zero attached hydrogens (tertiary/aromatic N) is 1. The Morgan fingerprint density at radius 3 is 2.65 bits per heavy atom. The molecule has 4 heteroatoms. The second-order valence-electron chi connectivity index (χ2n) is 5.00. The Morgan fingerprint density at radius 2 is 2.18 bits per heavy atom. The van der Waals surface area contributed by atoms with E-state index in [1.54, 1.807) is 26.8 Å². The number of esters is 1. The van der Waals surface area contributed by atoms with Gasteiger partial charge < -0.3 is 14.7 Å². The van der Waals surface area contributed by atoms with Crippen molar-refractivity contribution >= 4 is 5.97 Å². The summed E-state index contributed by atoms with van der Waals surface area (Å²) in [5.41, 5.74) is -0.595. The van der Waals surface area contributed by atoms with E-state index in [2.05, 4.69) is 6.58 Å². The molecule has 0 spiro atoms. The molecule has 0 bridgehead atoms. The zero-order valence-corrected chi connectivity index (χ0v) is 11.4. The van der Waals surface area contributed by atoms with Gasteiger partial charge in [0.1, 0.15) is 5.60 Å². The van der Waals surface area contributed by atoms with Crippen molar-refractivity contribution in [3.63, 3.8) is 0 Å². The molecule has 0 unspecified atom stereocenters. The molecule has 0 aromatic rings. The molecule has 0 aromatic carbocycles. The van der Waals surface area contributed by atoms with Crippen LogP contribution in [-0.2, 0) is 9.53 Å². The van der Waals surface area contributed by atoms with Crippen LogP contribution in [0.3, 0.4) is 0 Å². The fraction of sp³-hybridized carbons (Fsp3) is 0.769. The van der Waals surface area contributed by atoms with Crippen molar-refractivity contribution in [2.45, 2.75) is 45.3 Å². The van der Waals surface area contributed by atoms with E-state index in [4.69, 9.17) is 4.74 Å². The molecular formula is C13H25NO3. The Balaban J connectivity index is 3.75. The predicted molar refractivity (Wildman–Crippen MR) is 68.8 cm³/mol. The SMILES string of the molecule is C=CC(C)(C)OC(=O)CCCN(C)C[C@H](C)O. The third-order valence-electron chi connectivity index (χ3n) is 2.37. The normalized spacial score (nSPS) is 13.5. The Kier molecular flexibility index (Phi) is 7.07. The van der Waals surface area contributed by atoms with E-state index in [1.165, 1.54) is 0 Å². The first kappa shape index (κ1) is 16.1. The quantitative estimate of drug-likeness (QED) is 0.519. The van der Waals surface area contributed by atoms with Crippen LogP contribution in [0.5, 0.6) is 0 Å². The molecule has 0 aromatic heterocycles. The van der Waals surface area contributed by atoms with Crippen molar-refractivity contribution in [1.29, 1.82) is 0 Å². The lowest BCUT2D eigenvalue weighted by atomic mass is 10.1. The van der Waals surface area contributed by atoms with Gasteiger partial charge in [-0.25, -0.2) is 0 Å². The Bertz CT molecular complexity index is 249. The number of carbonyl (C=O) groups is 1. The highest BCUT2D eigenvalue weighted by atomic mass is 16.6. The van der Waals surface area contributed by atoms with Crippen LogP contribution < -0.4 is 0 Å². The van der Waals surface area contributed by atoms with E-state index < -0.39 is 5.60 Å². The van der Waals surface area contributed by atoms with Gasteiger partial charge in [-0.1, -0.05) is 6.58 Å². The molecule has 0 amide bonds. The first-order valence-corrected chi connectivity index (χ1v) is 5.99. The molecule has 1 N–H and O–H groups in total. The number of aliphatic hydroxyl groups is 1. The summed E-state index contributed by atoms with van der Waals surface area (Å²) in [5, 5.41) is 9.17. The van der Waals surface area contributed by atoms with Gasteiger partial charge in [0.05, 0.1) is 6.10 Å². The number of likely N-dealkylation sites (N-methyl/N-ethyl adjacent to an activating group) is 1. The van der Waals surface area contributed by atoms with Gasteiger partial charge in [-0.15, -0.1) is 0 Å². The van der Waals surface area contributed by atoms with Crippen LogP contribution in [0.25, 0.3) is 0 Å². The van der Waals surface area contributed by atoms with Crippen molar-refractivity contribution in [1.82, 2.24) is 4.90 Å². The summed E-state index contributed by atoms with van der Waals surface area (Å²) >= 11 is 0. The summed E-state index contributed by atoms with van der Waals surface area (Å²) in [5.74, 6) is -0.208. The van der Waals surface area contributed by atoms with Crippen molar-refractivity contribution < 1.29 is 14.6 Å². The van der Waals surface area contributed by atoms with E-state index in [1.807, 2.05) is 11.9 Å². The van der Waals surface area contributed by atoms with Crippen molar-refractivity contribution in [3.8, 4) is 0 Å². The van der Waals surface area contributed by atoms with Crippen LogP contribution in [0.1, 0.15) is 33.6 Å². The molecule has 100 valence electrons. The first-order valence-electron chi connectivity index (χ1n) is 5.99. The van der Waals surface area contributed by atoms with Gasteiger partial charge in [0, 0.05) is 13.0 Å². The number of carbonyl (C=O) groups excluding carboxylic acids is 1. The Hall–Kier alpha value is -0.870. The average Bonchev–Trinajstić information content (AvgIpc) is 2.15. The molecule has 0 rings (SSSR count). The molecule has 0 heterocycles. The number of rotatable bonds is 8. The second-order valence-corrected chi connectivity index (χ2v) is 5.00. The van der Waals surface area contributed by atoms with Gasteiger partial charge in [0.15, 0.2) is 0 Å². The minimum absolute atomic E-state index is 0.208. The van der Waals surface area contributed by atoms with E-state index in [-0.39, 0.29) is 12.1 Å². The van der Waals surface area contributed by atoms with Crippen LogP contribution in [-0.4, -0.2) is 47.8 Å². The van der Waals surface area contributed by atoms with E-state index >= 15 is 0 Å². The van der Waals surface area contributed by atoms with Crippen LogP contribution in [0.4, 0.5) is 0 Å². The zero-order valence-electron chi connectivity index (χ0n) is 11.4. The number of hydrogen-bond donors (Lipinski definition) is 1. The van der Waals surface area contributed by atoms with Crippen molar-refractivity contribution in [2.75, 3.05) is 20.1 Å². The molecule has 0 aliphatic carbocycles. The summed E-state index contributed by atoms with van der Waals surface area (Å²) < 4.78 is 5.23. The summed E-state index contributed by atoms with van der Waals surface area (Å²) in [6.45, 7) is 10.4. The highest BCUT2D eigenvalue weighted by molar-refractivity contribution is 5.70. The average molecular weight is 243 g/mol. The number of ether oxygens (including phenoxy) is 1. The van der Waals surface area contributed by atoms with Gasteiger partial charge in [-0.2, -0.15) is 0 Å². The second kappa shape index (κ2) is 7.45. The fourth-order valence-electron chi connectivity index (χ4n) is 1.42. The minimum Gasteiger partial charge on any atom is -0.455 e. The number of aliphatic hydroxyl groups excluding tert-OH is 1. The molecule has 1 atom stereocenters. The van der Waals surface area contributed by atoms with Crippen molar-refractivity contribution in [3.05, 3.63) is 12.7 Å². The molecule has 0 radical (unpaired) electrons. The maximum Gasteiger partial charge on any atom is 0.306 e. The molecule has 17 heavy (non-hydrogen) atoms. The van der Waals surface area contributed by atoms with Crippen LogP contribution in [0, 0.1) is 0 Å². The summed E-state index contributed by atoms with van der Waals surface area (Å²) in [6.07, 6.45) is 2.40. The van der Waals surface area contributed by atoms with Crippen LogP contribution >= 0.6 is 0 Å². The van der Waals surface area contributed by atoms with Gasteiger partial charge in [-0.3, -0.25) is 4.79 Å². The largest absolute Gasteiger partial charge is 0.455 e. The Morgan fingerprint density at radius 1 is 1.59 bits per heavy atom. The van der Waals surface area contributed by atoms with Gasteiger partial charge in [-0.05, 0) is 46.9 Å². The smallest absolute Gasteiger partial charge is 0.306 e. The maximum absolute atomic E-state index is 11.5. The van der Waals surface area contributed by atoms with Crippen LogP contribution in [0.2, 0.25) is 0 Å². The van der Waals surface area contributed by atoms with Gasteiger partial charge >= 0.3 is 5.97 Å². The highest BCUT2D eigenvalue weighted by Crippen LogP contribution is 2.11. The fourth-order valence-corrected chi connectivity index (χ4v) is 1.42. The van der Waals surface area contributed by atoms with E-state index in [0.717, 1.165) is 13.0 Å². The molecule has 0 aliphatic rings. The third-order valence-corrected chi connectivity index (χ3v) is 2.37. The Labute approximate surface area is 104 Å². The van der Waals surface area contributed by atoms with Crippen molar-refractivity contribution in [2.24, 2.45) is 0 Å². The molecule has 0 fully saturated rings.